The fourth-order valence-electron chi connectivity index (χ4n) is 1.40. The molecular formula is C12H17N3O2S. The number of aromatic carboxylic acids is 1. The van der Waals surface area contributed by atoms with Crippen LogP contribution in [0.1, 0.15) is 21.6 Å². The van der Waals surface area contributed by atoms with Crippen LogP contribution in [0.3, 0.4) is 0 Å². The summed E-state index contributed by atoms with van der Waals surface area (Å²) in [5.41, 5.74) is 1.49. The highest BCUT2D eigenvalue weighted by molar-refractivity contribution is 7.99. The number of aryl methyl sites for hydroxylation is 1. The second-order valence-electron chi connectivity index (χ2n) is 3.73. The van der Waals surface area contributed by atoms with E-state index in [1.165, 1.54) is 0 Å². The molecule has 0 saturated carbocycles. The zero-order chi connectivity index (χ0) is 13.5. The molecule has 1 aromatic rings. The molecule has 0 amide bonds. The van der Waals surface area contributed by atoms with Gasteiger partial charge in [-0.25, -0.2) is 4.79 Å². The molecule has 0 aromatic carbocycles. The second kappa shape index (κ2) is 7.00. The van der Waals surface area contributed by atoms with Crippen molar-refractivity contribution in [3.63, 3.8) is 0 Å². The van der Waals surface area contributed by atoms with E-state index in [2.05, 4.69) is 22.1 Å². The predicted molar refractivity (Wildman–Crippen MR) is 74.5 cm³/mol. The highest BCUT2D eigenvalue weighted by Crippen LogP contribution is 2.18. The molecule has 1 aromatic heterocycles. The summed E-state index contributed by atoms with van der Waals surface area (Å²) in [6.07, 6.45) is 1.84. The number of thioether (sulfide) groups is 1. The van der Waals surface area contributed by atoms with Crippen molar-refractivity contribution in [2.24, 2.45) is 0 Å². The quantitative estimate of drug-likeness (QED) is 0.582. The molecule has 0 unspecified atom stereocenters. The van der Waals surface area contributed by atoms with Crippen LogP contribution >= 0.6 is 11.8 Å². The first kappa shape index (κ1) is 14.5. The Kier molecular flexibility index (Phi) is 5.64. The Balaban J connectivity index is 2.73. The lowest BCUT2D eigenvalue weighted by Gasteiger charge is -2.10. The average Bonchev–Trinajstić information content (AvgIpc) is 2.33. The van der Waals surface area contributed by atoms with Crippen molar-refractivity contribution < 1.29 is 9.90 Å². The van der Waals surface area contributed by atoms with Gasteiger partial charge in [0.05, 0.1) is 5.69 Å². The van der Waals surface area contributed by atoms with Crippen molar-refractivity contribution in [2.45, 2.75) is 13.8 Å². The van der Waals surface area contributed by atoms with Crippen molar-refractivity contribution in [1.82, 2.24) is 10.2 Å². The maximum atomic E-state index is 11.2. The maximum absolute atomic E-state index is 11.2. The number of nitrogens with zero attached hydrogens (tertiary/aromatic N) is 2. The molecule has 2 N–H and O–H groups in total. The Bertz CT molecular complexity index is 449. The van der Waals surface area contributed by atoms with Crippen LogP contribution in [0.2, 0.25) is 0 Å². The summed E-state index contributed by atoms with van der Waals surface area (Å²) in [5.74, 6) is 1.10. The smallest absolute Gasteiger partial charge is 0.339 e. The van der Waals surface area contributed by atoms with Crippen molar-refractivity contribution >= 4 is 23.5 Å². The maximum Gasteiger partial charge on any atom is 0.339 e. The van der Waals surface area contributed by atoms with Gasteiger partial charge in [0, 0.05) is 18.1 Å². The molecule has 0 spiro atoms. The van der Waals surface area contributed by atoms with Crippen molar-refractivity contribution in [3.05, 3.63) is 29.5 Å². The summed E-state index contributed by atoms with van der Waals surface area (Å²) < 4.78 is 0. The highest BCUT2D eigenvalue weighted by Gasteiger charge is 2.17. The lowest BCUT2D eigenvalue weighted by molar-refractivity contribution is 0.0696. The second-order valence-corrected chi connectivity index (χ2v) is 4.88. The molecule has 0 radical (unpaired) electrons. The molecule has 0 fully saturated rings. The normalized spacial score (nSPS) is 10.1. The largest absolute Gasteiger partial charge is 0.478 e. The molecule has 6 heteroatoms. The molecule has 98 valence electrons. The van der Waals surface area contributed by atoms with Gasteiger partial charge in [-0.2, -0.15) is 16.9 Å². The number of hydrogen-bond donors (Lipinski definition) is 2. The Morgan fingerprint density at radius 3 is 2.83 bits per heavy atom. The summed E-state index contributed by atoms with van der Waals surface area (Å²) >= 11 is 1.72. The SMILES string of the molecule is C=CCSCCNc1nnc(C)c(C)c1C(=O)O. The highest BCUT2D eigenvalue weighted by atomic mass is 32.2. The number of rotatable bonds is 7. The van der Waals surface area contributed by atoms with Crippen LogP contribution in [-0.4, -0.2) is 39.3 Å². The Hall–Kier alpha value is -1.56. The first-order valence-corrected chi connectivity index (χ1v) is 6.73. The van der Waals surface area contributed by atoms with Gasteiger partial charge in [-0.3, -0.25) is 0 Å². The van der Waals surface area contributed by atoms with Gasteiger partial charge in [0.2, 0.25) is 0 Å². The van der Waals surface area contributed by atoms with Crippen LogP contribution in [0.15, 0.2) is 12.7 Å². The Morgan fingerprint density at radius 1 is 1.50 bits per heavy atom. The van der Waals surface area contributed by atoms with E-state index < -0.39 is 5.97 Å². The molecule has 0 aliphatic carbocycles. The standard InChI is InChI=1S/C12H17N3O2S/c1-4-6-18-7-5-13-11-10(12(16)17)8(2)9(3)14-15-11/h4H,1,5-7H2,2-3H3,(H,13,15)(H,16,17). The van der Waals surface area contributed by atoms with Crippen LogP contribution in [-0.2, 0) is 0 Å². The molecule has 1 rings (SSSR count). The predicted octanol–water partition coefficient (Wildman–Crippen LogP) is 2.12. The molecule has 5 nitrogen and oxygen atoms in total. The van der Waals surface area contributed by atoms with Crippen LogP contribution < -0.4 is 5.32 Å². The van der Waals surface area contributed by atoms with Gasteiger partial charge in [-0.05, 0) is 19.4 Å². The molecule has 18 heavy (non-hydrogen) atoms. The van der Waals surface area contributed by atoms with Gasteiger partial charge in [0.25, 0.3) is 0 Å². The van der Waals surface area contributed by atoms with E-state index in [4.69, 9.17) is 0 Å². The van der Waals surface area contributed by atoms with Crippen molar-refractivity contribution in [3.8, 4) is 0 Å². The van der Waals surface area contributed by atoms with Crippen LogP contribution in [0.5, 0.6) is 0 Å². The minimum Gasteiger partial charge on any atom is -0.478 e. The lowest BCUT2D eigenvalue weighted by atomic mass is 10.1. The molecule has 0 aliphatic rings. The van der Waals surface area contributed by atoms with E-state index in [9.17, 15) is 9.90 Å². The minimum absolute atomic E-state index is 0.205. The van der Waals surface area contributed by atoms with E-state index in [1.807, 2.05) is 6.08 Å². The summed E-state index contributed by atoms with van der Waals surface area (Å²) in [7, 11) is 0. The van der Waals surface area contributed by atoms with Gasteiger partial charge in [0.1, 0.15) is 5.56 Å². The van der Waals surface area contributed by atoms with E-state index in [-0.39, 0.29) is 5.56 Å². The number of carboxylic acids is 1. The van der Waals surface area contributed by atoms with Crippen LogP contribution in [0.25, 0.3) is 0 Å². The van der Waals surface area contributed by atoms with Crippen molar-refractivity contribution in [2.75, 3.05) is 23.4 Å². The van der Waals surface area contributed by atoms with Gasteiger partial charge >= 0.3 is 5.97 Å². The monoisotopic (exact) mass is 267 g/mol. The lowest BCUT2D eigenvalue weighted by Crippen LogP contribution is -2.14. The molecule has 1 heterocycles. The third-order valence-electron chi connectivity index (χ3n) is 2.44. The Labute approximate surface area is 111 Å². The topological polar surface area (TPSA) is 75.1 Å². The van der Waals surface area contributed by atoms with Gasteiger partial charge in [-0.1, -0.05) is 6.08 Å². The number of nitrogens with one attached hydrogen (secondary N) is 1. The van der Waals surface area contributed by atoms with Crippen LogP contribution in [0.4, 0.5) is 5.82 Å². The number of carbonyl (C=O) groups is 1. The van der Waals surface area contributed by atoms with Crippen molar-refractivity contribution in [1.29, 1.82) is 0 Å². The van der Waals surface area contributed by atoms with E-state index >= 15 is 0 Å². The van der Waals surface area contributed by atoms with E-state index in [0.717, 1.165) is 11.5 Å². The zero-order valence-corrected chi connectivity index (χ0v) is 11.4. The number of anilines is 1. The number of hydrogen-bond acceptors (Lipinski definition) is 5. The summed E-state index contributed by atoms with van der Waals surface area (Å²) in [6, 6.07) is 0. The third kappa shape index (κ3) is 3.73. The van der Waals surface area contributed by atoms with Crippen LogP contribution in [0, 0.1) is 13.8 Å². The van der Waals surface area contributed by atoms with Gasteiger partial charge < -0.3 is 10.4 Å². The number of carboxylic acid groups (broad SMARTS) is 1. The number of aromatic nitrogens is 2. The summed E-state index contributed by atoms with van der Waals surface area (Å²) in [6.45, 7) is 7.77. The minimum atomic E-state index is -0.980. The molecule has 0 aliphatic heterocycles. The molecule has 0 bridgehead atoms. The van der Waals surface area contributed by atoms with E-state index in [0.29, 0.717) is 23.6 Å². The first-order chi connectivity index (χ1) is 8.57. The van der Waals surface area contributed by atoms with Gasteiger partial charge in [0.15, 0.2) is 5.82 Å². The molecular weight excluding hydrogens is 250 g/mol. The molecule has 0 saturated heterocycles. The fourth-order valence-corrected chi connectivity index (χ4v) is 1.98. The average molecular weight is 267 g/mol. The van der Waals surface area contributed by atoms with Gasteiger partial charge in [-0.15, -0.1) is 11.7 Å². The summed E-state index contributed by atoms with van der Waals surface area (Å²) in [5, 5.41) is 20.0. The zero-order valence-electron chi connectivity index (χ0n) is 10.6. The third-order valence-corrected chi connectivity index (χ3v) is 3.41. The van der Waals surface area contributed by atoms with E-state index in [1.54, 1.807) is 25.6 Å². The molecule has 0 atom stereocenters. The summed E-state index contributed by atoms with van der Waals surface area (Å²) in [4.78, 5) is 11.2. The first-order valence-electron chi connectivity index (χ1n) is 5.57. The fraction of sp³-hybridized carbons (Fsp3) is 0.417. The Morgan fingerprint density at radius 2 is 2.22 bits per heavy atom.